The molecule has 4 rings (SSSR count). The third-order valence-electron chi connectivity index (χ3n) is 5.49. The van der Waals surface area contributed by atoms with Gasteiger partial charge >= 0.3 is 0 Å². The Labute approximate surface area is 186 Å². The van der Waals surface area contributed by atoms with E-state index in [0.29, 0.717) is 29.3 Å². The largest absolute Gasteiger partial charge is 0.497 e. The van der Waals surface area contributed by atoms with Crippen molar-refractivity contribution >= 4 is 17.7 Å². The minimum atomic E-state index is 0.0485. The molecule has 1 amide bonds. The van der Waals surface area contributed by atoms with Gasteiger partial charge in [0.2, 0.25) is 5.91 Å². The van der Waals surface area contributed by atoms with Crippen molar-refractivity contribution in [3.63, 3.8) is 0 Å². The van der Waals surface area contributed by atoms with Crippen molar-refractivity contribution in [2.75, 3.05) is 12.9 Å². The molecule has 1 aromatic carbocycles. The third-order valence-corrected chi connectivity index (χ3v) is 6.46. The highest BCUT2D eigenvalue weighted by atomic mass is 32.2. The van der Waals surface area contributed by atoms with Gasteiger partial charge in [-0.15, -0.1) is 10.2 Å². The molecule has 0 unspecified atom stereocenters. The van der Waals surface area contributed by atoms with Gasteiger partial charge in [0.05, 0.1) is 25.7 Å². The van der Waals surface area contributed by atoms with E-state index >= 15 is 0 Å². The van der Waals surface area contributed by atoms with Crippen LogP contribution in [0.15, 0.2) is 52.2 Å². The lowest BCUT2D eigenvalue weighted by atomic mass is 10.1. The lowest BCUT2D eigenvalue weighted by Crippen LogP contribution is -2.35. The van der Waals surface area contributed by atoms with Gasteiger partial charge in [0.1, 0.15) is 11.5 Å². The van der Waals surface area contributed by atoms with Gasteiger partial charge in [0.25, 0.3) is 0 Å². The average molecular weight is 441 g/mol. The number of amides is 1. The summed E-state index contributed by atoms with van der Waals surface area (Å²) in [5.74, 6) is 2.62. The zero-order valence-electron chi connectivity index (χ0n) is 17.8. The van der Waals surface area contributed by atoms with Crippen LogP contribution in [0.5, 0.6) is 5.75 Å². The van der Waals surface area contributed by atoms with Crippen LogP contribution in [0.4, 0.5) is 0 Å². The fourth-order valence-corrected chi connectivity index (χ4v) is 4.64. The number of hydrogen-bond donors (Lipinski definition) is 1. The molecule has 8 heteroatoms. The molecular formula is C23H28N4O3S. The van der Waals surface area contributed by atoms with Gasteiger partial charge in [-0.25, -0.2) is 0 Å². The monoisotopic (exact) mass is 440 g/mol. The fourth-order valence-electron chi connectivity index (χ4n) is 3.90. The van der Waals surface area contributed by atoms with Crippen LogP contribution in [0, 0.1) is 0 Å². The van der Waals surface area contributed by atoms with Gasteiger partial charge in [0.15, 0.2) is 11.0 Å². The molecule has 0 spiro atoms. The molecule has 7 nitrogen and oxygen atoms in total. The second-order valence-electron chi connectivity index (χ2n) is 7.75. The van der Waals surface area contributed by atoms with E-state index in [4.69, 9.17) is 9.15 Å². The highest BCUT2D eigenvalue weighted by Gasteiger charge is 2.19. The normalized spacial score (nSPS) is 14.9. The molecule has 0 radical (unpaired) electrons. The number of thioether (sulfide) groups is 1. The van der Waals surface area contributed by atoms with Crippen molar-refractivity contribution in [3.05, 3.63) is 48.4 Å². The summed E-state index contributed by atoms with van der Waals surface area (Å²) in [6, 6.07) is 11.8. The summed E-state index contributed by atoms with van der Waals surface area (Å²) in [4.78, 5) is 12.6. The Bertz CT molecular complexity index is 979. The van der Waals surface area contributed by atoms with Crippen LogP contribution in [0.1, 0.15) is 44.3 Å². The van der Waals surface area contributed by atoms with Crippen molar-refractivity contribution in [3.8, 4) is 17.1 Å². The van der Waals surface area contributed by atoms with Crippen molar-refractivity contribution in [1.29, 1.82) is 0 Å². The average Bonchev–Trinajstić information content (AvgIpc) is 3.37. The van der Waals surface area contributed by atoms with E-state index in [0.717, 1.165) is 29.9 Å². The van der Waals surface area contributed by atoms with Crippen molar-refractivity contribution in [1.82, 2.24) is 20.1 Å². The van der Waals surface area contributed by atoms with Gasteiger partial charge < -0.3 is 14.5 Å². The van der Waals surface area contributed by atoms with E-state index in [1.165, 1.54) is 37.4 Å². The Kier molecular flexibility index (Phi) is 7.30. The lowest BCUT2D eigenvalue weighted by molar-refractivity contribution is -0.119. The molecule has 1 fully saturated rings. The highest BCUT2D eigenvalue weighted by molar-refractivity contribution is 7.99. The number of rotatable bonds is 8. The Morgan fingerprint density at radius 3 is 2.77 bits per heavy atom. The quantitative estimate of drug-likeness (QED) is 0.409. The van der Waals surface area contributed by atoms with E-state index < -0.39 is 0 Å². The molecule has 31 heavy (non-hydrogen) atoms. The molecular weight excluding hydrogens is 412 g/mol. The first-order chi connectivity index (χ1) is 15.2. The van der Waals surface area contributed by atoms with Crippen LogP contribution in [0.25, 0.3) is 11.4 Å². The summed E-state index contributed by atoms with van der Waals surface area (Å²) in [6.07, 6.45) is 8.72. The van der Waals surface area contributed by atoms with Gasteiger partial charge in [0, 0.05) is 11.6 Å². The Morgan fingerprint density at radius 2 is 2.03 bits per heavy atom. The maximum absolute atomic E-state index is 12.6. The minimum absolute atomic E-state index is 0.0485. The molecule has 164 valence electrons. The summed E-state index contributed by atoms with van der Waals surface area (Å²) < 4.78 is 12.9. The molecule has 0 atom stereocenters. The van der Waals surface area contributed by atoms with Crippen molar-refractivity contribution in [2.45, 2.75) is 56.3 Å². The molecule has 0 bridgehead atoms. The van der Waals surface area contributed by atoms with E-state index in [2.05, 4.69) is 15.5 Å². The molecule has 3 aromatic rings. The number of carbonyl (C=O) groups excluding carboxylic acids is 1. The van der Waals surface area contributed by atoms with E-state index in [1.54, 1.807) is 13.4 Å². The molecule has 2 heterocycles. The number of benzene rings is 1. The molecule has 1 saturated carbocycles. The van der Waals surface area contributed by atoms with Crippen LogP contribution >= 0.6 is 11.8 Å². The number of nitrogens with one attached hydrogen (secondary N) is 1. The fraction of sp³-hybridized carbons (Fsp3) is 0.435. The molecule has 1 aliphatic carbocycles. The first-order valence-electron chi connectivity index (χ1n) is 10.7. The lowest BCUT2D eigenvalue weighted by Gasteiger charge is -2.16. The molecule has 0 saturated heterocycles. The SMILES string of the molecule is COc1cccc(-c2nnc(SCC(=O)NC3CCCCCC3)n2Cc2ccco2)c1. The summed E-state index contributed by atoms with van der Waals surface area (Å²) in [5, 5.41) is 12.7. The number of methoxy groups -OCH3 is 1. The topological polar surface area (TPSA) is 82.2 Å². The number of carbonyl (C=O) groups is 1. The van der Waals surface area contributed by atoms with Gasteiger partial charge in [-0.05, 0) is 37.1 Å². The molecule has 1 aliphatic rings. The van der Waals surface area contributed by atoms with Crippen LogP contribution in [-0.2, 0) is 11.3 Å². The first-order valence-corrected chi connectivity index (χ1v) is 11.7. The number of nitrogens with zero attached hydrogens (tertiary/aromatic N) is 3. The number of hydrogen-bond acceptors (Lipinski definition) is 6. The summed E-state index contributed by atoms with van der Waals surface area (Å²) in [7, 11) is 1.64. The highest BCUT2D eigenvalue weighted by Crippen LogP contribution is 2.27. The van der Waals surface area contributed by atoms with Crippen LogP contribution in [-0.4, -0.2) is 39.6 Å². The Morgan fingerprint density at radius 1 is 1.19 bits per heavy atom. The van der Waals surface area contributed by atoms with Crippen LogP contribution < -0.4 is 10.1 Å². The zero-order chi connectivity index (χ0) is 21.5. The smallest absolute Gasteiger partial charge is 0.230 e. The third kappa shape index (κ3) is 5.70. The standard InChI is InChI=1S/C23H28N4O3S/c1-29-19-11-6-8-17(14-19)22-25-26-23(27(22)15-20-12-7-13-30-20)31-16-21(28)24-18-9-4-2-3-5-10-18/h6-8,11-14,18H,2-5,9-10,15-16H2,1H3,(H,24,28). The van der Waals surface area contributed by atoms with Gasteiger partial charge in [-0.2, -0.15) is 0 Å². The summed E-state index contributed by atoms with van der Waals surface area (Å²) in [5.41, 5.74) is 0.896. The predicted octanol–water partition coefficient (Wildman–Crippen LogP) is 4.53. The molecule has 0 aliphatic heterocycles. The second-order valence-corrected chi connectivity index (χ2v) is 8.69. The summed E-state index contributed by atoms with van der Waals surface area (Å²) >= 11 is 1.40. The zero-order valence-corrected chi connectivity index (χ0v) is 18.6. The Hall–Kier alpha value is -2.74. The number of aromatic nitrogens is 3. The Balaban J connectivity index is 1.49. The van der Waals surface area contributed by atoms with Crippen LogP contribution in [0.2, 0.25) is 0 Å². The predicted molar refractivity (Wildman–Crippen MR) is 120 cm³/mol. The molecule has 2 aromatic heterocycles. The van der Waals surface area contributed by atoms with Crippen molar-refractivity contribution in [2.24, 2.45) is 0 Å². The number of ether oxygens (including phenoxy) is 1. The van der Waals surface area contributed by atoms with E-state index in [-0.39, 0.29) is 5.91 Å². The minimum Gasteiger partial charge on any atom is -0.497 e. The van der Waals surface area contributed by atoms with E-state index in [9.17, 15) is 4.79 Å². The number of furan rings is 1. The van der Waals surface area contributed by atoms with Gasteiger partial charge in [-0.1, -0.05) is 49.6 Å². The molecule has 1 N–H and O–H groups in total. The maximum atomic E-state index is 12.6. The first kappa shape index (κ1) is 21.5. The van der Waals surface area contributed by atoms with Crippen LogP contribution in [0.3, 0.4) is 0 Å². The summed E-state index contributed by atoms with van der Waals surface area (Å²) in [6.45, 7) is 0.485. The van der Waals surface area contributed by atoms with E-state index in [1.807, 2.05) is 41.0 Å². The van der Waals surface area contributed by atoms with Gasteiger partial charge in [-0.3, -0.25) is 9.36 Å². The maximum Gasteiger partial charge on any atom is 0.230 e. The second kappa shape index (κ2) is 10.5. The van der Waals surface area contributed by atoms with Crippen molar-refractivity contribution < 1.29 is 13.9 Å².